The smallest absolute Gasteiger partial charge is 0.410 e. The third-order valence-electron chi connectivity index (χ3n) is 6.23. The maximum atomic E-state index is 14.3. The van der Waals surface area contributed by atoms with Gasteiger partial charge in [-0.2, -0.15) is 18.4 Å². The van der Waals surface area contributed by atoms with Gasteiger partial charge in [0.15, 0.2) is 5.82 Å². The zero-order chi connectivity index (χ0) is 30.3. The Bertz CT molecular complexity index is 1580. The Morgan fingerprint density at radius 1 is 1.27 bits per heavy atom. The molecule has 41 heavy (non-hydrogen) atoms. The number of nitriles is 1. The molecule has 0 saturated carbocycles. The summed E-state index contributed by atoms with van der Waals surface area (Å²) in [5.41, 5.74) is 4.22. The average molecular weight is 594 g/mol. The van der Waals surface area contributed by atoms with Gasteiger partial charge in [0.2, 0.25) is 0 Å². The second-order valence-corrected chi connectivity index (χ2v) is 10.7. The standard InChI is InChI=1S/C25H27ClF3N9O3/c1-13(34-20-14(10-30)19(31)32-12-33-20)21-35-16-7-5-6-15(26)18(16)22(39)38(21)36-8-9-37(17(11-36)25(27,28)29)23(40)41-24(2,3)4/h5-7,12-13,17H,8-9,11H2,1-4H3,(H3,31,32,33,34)/t13-,17?/m0/s1. The second kappa shape index (κ2) is 10.9. The van der Waals surface area contributed by atoms with Gasteiger partial charge < -0.3 is 20.8 Å². The van der Waals surface area contributed by atoms with Crippen LogP contribution in [0.3, 0.4) is 0 Å². The molecule has 1 aliphatic rings. The van der Waals surface area contributed by atoms with Gasteiger partial charge in [-0.3, -0.25) is 9.69 Å². The summed E-state index contributed by atoms with van der Waals surface area (Å²) >= 11 is 6.32. The molecule has 1 amide bonds. The van der Waals surface area contributed by atoms with Crippen LogP contribution in [0.4, 0.5) is 29.6 Å². The SMILES string of the molecule is C[C@H](Nc1ncnc(N)c1C#N)c1nc2cccc(Cl)c2c(=O)n1N1CCN(C(=O)OC(C)(C)C)C(C(F)(F)F)C1. The number of hydrogen-bond donors (Lipinski definition) is 2. The number of nitrogens with zero attached hydrogens (tertiary/aromatic N) is 7. The number of carbonyl (C=O) groups is 1. The monoisotopic (exact) mass is 593 g/mol. The molecule has 1 aliphatic heterocycles. The summed E-state index contributed by atoms with van der Waals surface area (Å²) < 4.78 is 49.1. The largest absolute Gasteiger partial charge is 0.444 e. The number of carbonyl (C=O) groups excluding carboxylic acids is 1. The summed E-state index contributed by atoms with van der Waals surface area (Å²) in [4.78, 5) is 39.5. The van der Waals surface area contributed by atoms with Crippen LogP contribution >= 0.6 is 11.6 Å². The Morgan fingerprint density at radius 2 is 1.98 bits per heavy atom. The van der Waals surface area contributed by atoms with Crippen molar-refractivity contribution in [1.29, 1.82) is 5.26 Å². The van der Waals surface area contributed by atoms with Crippen molar-refractivity contribution < 1.29 is 22.7 Å². The Labute approximate surface area is 237 Å². The molecule has 2 atom stereocenters. The molecule has 0 spiro atoms. The van der Waals surface area contributed by atoms with Crippen LogP contribution in [0, 0.1) is 11.3 Å². The summed E-state index contributed by atoms with van der Waals surface area (Å²) in [5.74, 6) is -0.0287. The molecule has 0 radical (unpaired) electrons. The van der Waals surface area contributed by atoms with Gasteiger partial charge in [0, 0.05) is 6.54 Å². The number of aromatic nitrogens is 4. The molecular formula is C25H27ClF3N9O3. The number of nitrogens with one attached hydrogen (secondary N) is 1. The minimum Gasteiger partial charge on any atom is -0.444 e. The van der Waals surface area contributed by atoms with Crippen molar-refractivity contribution in [3.05, 3.63) is 51.3 Å². The van der Waals surface area contributed by atoms with Crippen LogP contribution in [0.5, 0.6) is 0 Å². The summed E-state index contributed by atoms with van der Waals surface area (Å²) in [5, 5.41) is 13.7. The molecule has 0 aliphatic carbocycles. The van der Waals surface area contributed by atoms with Crippen LogP contribution in [0.25, 0.3) is 10.9 Å². The first-order valence-electron chi connectivity index (χ1n) is 12.4. The van der Waals surface area contributed by atoms with Crippen LogP contribution in [0.15, 0.2) is 29.3 Å². The van der Waals surface area contributed by atoms with Crippen molar-refractivity contribution in [2.45, 2.75) is 51.6 Å². The third-order valence-corrected chi connectivity index (χ3v) is 6.54. The lowest BCUT2D eigenvalue weighted by molar-refractivity contribution is -0.182. The lowest BCUT2D eigenvalue weighted by atomic mass is 10.1. The van der Waals surface area contributed by atoms with Gasteiger partial charge in [-0.15, -0.1) is 0 Å². The Morgan fingerprint density at radius 3 is 2.61 bits per heavy atom. The van der Waals surface area contributed by atoms with Gasteiger partial charge in [0.25, 0.3) is 5.56 Å². The molecule has 3 N–H and O–H groups in total. The maximum absolute atomic E-state index is 14.3. The molecule has 16 heteroatoms. The van der Waals surface area contributed by atoms with E-state index in [4.69, 9.17) is 22.1 Å². The molecule has 1 unspecified atom stereocenters. The number of ether oxygens (including phenoxy) is 1. The highest BCUT2D eigenvalue weighted by atomic mass is 35.5. The highest BCUT2D eigenvalue weighted by molar-refractivity contribution is 6.35. The molecule has 1 saturated heterocycles. The highest BCUT2D eigenvalue weighted by Gasteiger charge is 2.50. The summed E-state index contributed by atoms with van der Waals surface area (Å²) in [6, 6.07) is 3.34. The summed E-state index contributed by atoms with van der Waals surface area (Å²) in [6.07, 6.45) is -4.83. The van der Waals surface area contributed by atoms with E-state index in [1.54, 1.807) is 39.8 Å². The number of nitrogen functional groups attached to an aromatic ring is 1. The van der Waals surface area contributed by atoms with E-state index in [-0.39, 0.29) is 45.5 Å². The Hall–Kier alpha value is -4.32. The molecule has 4 rings (SSSR count). The van der Waals surface area contributed by atoms with Gasteiger partial charge in [-0.1, -0.05) is 17.7 Å². The summed E-state index contributed by atoms with van der Waals surface area (Å²) in [6.45, 7) is 4.91. The van der Waals surface area contributed by atoms with Crippen molar-refractivity contribution in [1.82, 2.24) is 24.5 Å². The zero-order valence-electron chi connectivity index (χ0n) is 22.5. The third kappa shape index (κ3) is 6.07. The van der Waals surface area contributed by atoms with Gasteiger partial charge in [-0.05, 0) is 39.8 Å². The number of halogens is 4. The first-order valence-corrected chi connectivity index (χ1v) is 12.8. The Balaban J connectivity index is 1.82. The van der Waals surface area contributed by atoms with Crippen LogP contribution in [-0.2, 0) is 4.74 Å². The second-order valence-electron chi connectivity index (χ2n) is 10.3. The molecule has 1 aromatic carbocycles. The number of anilines is 2. The molecule has 218 valence electrons. The first kappa shape index (κ1) is 29.7. The number of hydrogen-bond acceptors (Lipinski definition) is 10. The number of piperazine rings is 1. The molecule has 2 aromatic heterocycles. The number of alkyl halides is 3. The highest BCUT2D eigenvalue weighted by Crippen LogP contribution is 2.30. The summed E-state index contributed by atoms with van der Waals surface area (Å²) in [7, 11) is 0. The number of benzene rings is 1. The quantitative estimate of drug-likeness (QED) is 0.458. The first-order chi connectivity index (χ1) is 19.1. The molecular weight excluding hydrogens is 567 g/mol. The fraction of sp³-hybridized carbons (Fsp3) is 0.440. The van der Waals surface area contributed by atoms with E-state index >= 15 is 0 Å². The fourth-order valence-corrected chi connectivity index (χ4v) is 4.66. The molecule has 0 bridgehead atoms. The normalized spacial score (nSPS) is 16.8. The lowest BCUT2D eigenvalue weighted by Crippen LogP contribution is -2.65. The van der Waals surface area contributed by atoms with Crippen molar-refractivity contribution in [2.24, 2.45) is 0 Å². The number of fused-ring (bicyclic) bond motifs is 1. The van der Waals surface area contributed by atoms with Crippen LogP contribution < -0.4 is 21.6 Å². The predicted octanol–water partition coefficient (Wildman–Crippen LogP) is 3.59. The van der Waals surface area contributed by atoms with Gasteiger partial charge in [0.1, 0.15) is 41.2 Å². The van der Waals surface area contributed by atoms with Gasteiger partial charge in [-0.25, -0.2) is 24.4 Å². The van der Waals surface area contributed by atoms with Gasteiger partial charge >= 0.3 is 12.3 Å². The van der Waals surface area contributed by atoms with Crippen molar-refractivity contribution in [2.75, 3.05) is 35.7 Å². The topological polar surface area (TPSA) is 155 Å². The number of nitrogens with two attached hydrogens (primary N) is 1. The lowest BCUT2D eigenvalue weighted by Gasteiger charge is -2.43. The molecule has 3 aromatic rings. The van der Waals surface area contributed by atoms with E-state index in [1.165, 1.54) is 11.1 Å². The van der Waals surface area contributed by atoms with E-state index < -0.39 is 48.6 Å². The Kier molecular flexibility index (Phi) is 7.90. The predicted molar refractivity (Wildman–Crippen MR) is 145 cm³/mol. The molecule has 3 heterocycles. The van der Waals surface area contributed by atoms with Gasteiger partial charge in [0.05, 0.1) is 35.1 Å². The van der Waals surface area contributed by atoms with Crippen LogP contribution in [0.2, 0.25) is 5.02 Å². The molecule has 12 nitrogen and oxygen atoms in total. The van der Waals surface area contributed by atoms with Crippen LogP contribution in [-0.4, -0.2) is 68.1 Å². The van der Waals surface area contributed by atoms with E-state index in [9.17, 15) is 28.0 Å². The van der Waals surface area contributed by atoms with E-state index in [1.807, 2.05) is 6.07 Å². The van der Waals surface area contributed by atoms with E-state index in [2.05, 4.69) is 20.3 Å². The van der Waals surface area contributed by atoms with Crippen molar-refractivity contribution in [3.8, 4) is 6.07 Å². The molecule has 1 fully saturated rings. The number of rotatable bonds is 4. The van der Waals surface area contributed by atoms with Crippen molar-refractivity contribution in [3.63, 3.8) is 0 Å². The fourth-order valence-electron chi connectivity index (χ4n) is 4.41. The van der Waals surface area contributed by atoms with Crippen molar-refractivity contribution >= 4 is 40.2 Å². The zero-order valence-corrected chi connectivity index (χ0v) is 23.3. The minimum atomic E-state index is -4.84. The van der Waals surface area contributed by atoms with E-state index in [0.717, 1.165) is 11.0 Å². The number of amides is 1. The maximum Gasteiger partial charge on any atom is 0.410 e. The van der Waals surface area contributed by atoms with Crippen LogP contribution in [0.1, 0.15) is 45.1 Å². The van der Waals surface area contributed by atoms with E-state index in [0.29, 0.717) is 4.90 Å². The minimum absolute atomic E-state index is 0.00671. The average Bonchev–Trinajstić information content (AvgIpc) is 2.87.